The summed E-state index contributed by atoms with van der Waals surface area (Å²) in [6.45, 7) is -0.517. The van der Waals surface area contributed by atoms with Gasteiger partial charge in [-0.2, -0.15) is 14.9 Å². The van der Waals surface area contributed by atoms with Crippen molar-refractivity contribution in [3.05, 3.63) is 54.0 Å². The summed E-state index contributed by atoms with van der Waals surface area (Å²) in [5.41, 5.74) is 2.50. The highest BCUT2D eigenvalue weighted by atomic mass is 19.1. The van der Waals surface area contributed by atoms with Gasteiger partial charge < -0.3 is 29.6 Å². The zero-order chi connectivity index (χ0) is 23.5. The Hall–Kier alpha value is -4.72. The number of nitrogens with zero attached hydrogens (tertiary/aromatic N) is 3. The summed E-state index contributed by atoms with van der Waals surface area (Å²) in [6, 6.07) is 11.3. The Bertz CT molecular complexity index is 1390. The van der Waals surface area contributed by atoms with Crippen molar-refractivity contribution in [1.82, 2.24) is 14.6 Å². The number of anilines is 2. The van der Waals surface area contributed by atoms with E-state index in [9.17, 15) is 14.4 Å². The predicted octanol–water partition coefficient (Wildman–Crippen LogP) is 3.56. The number of aromatic nitrogens is 3. The molecule has 4 aromatic rings. The number of carboxylic acid groups (broad SMARTS) is 1. The molecule has 168 valence electrons. The summed E-state index contributed by atoms with van der Waals surface area (Å²) >= 11 is 0. The lowest BCUT2D eigenvalue weighted by Crippen LogP contribution is -2.10. The van der Waals surface area contributed by atoms with Crippen molar-refractivity contribution >= 4 is 23.1 Å². The molecule has 0 spiro atoms. The highest BCUT2D eigenvalue weighted by molar-refractivity contribution is 5.82. The smallest absolute Gasteiger partial charge is 0.341 e. The van der Waals surface area contributed by atoms with Gasteiger partial charge in [0, 0.05) is 17.3 Å². The van der Waals surface area contributed by atoms with Crippen LogP contribution in [0, 0.1) is 17.1 Å². The van der Waals surface area contributed by atoms with Gasteiger partial charge in [0.25, 0.3) is 0 Å². The van der Waals surface area contributed by atoms with Crippen LogP contribution < -0.4 is 19.5 Å². The number of carboxylic acids is 1. The predicted molar refractivity (Wildman–Crippen MR) is 116 cm³/mol. The van der Waals surface area contributed by atoms with Gasteiger partial charge in [0.05, 0.1) is 26.1 Å². The van der Waals surface area contributed by atoms with Crippen molar-refractivity contribution in [2.45, 2.75) is 0 Å². The molecular weight excluding hydrogens is 433 g/mol. The van der Waals surface area contributed by atoms with Crippen LogP contribution in [0.3, 0.4) is 0 Å². The van der Waals surface area contributed by atoms with Crippen molar-refractivity contribution < 1.29 is 28.5 Å². The third-order valence-electron chi connectivity index (χ3n) is 4.80. The minimum atomic E-state index is -1.11. The molecule has 0 aliphatic carbocycles. The van der Waals surface area contributed by atoms with Gasteiger partial charge in [-0.25, -0.2) is 9.18 Å². The van der Waals surface area contributed by atoms with E-state index >= 15 is 0 Å². The van der Waals surface area contributed by atoms with E-state index < -0.39 is 18.4 Å². The van der Waals surface area contributed by atoms with E-state index in [0.717, 1.165) is 0 Å². The summed E-state index contributed by atoms with van der Waals surface area (Å²) in [5, 5.41) is 25.7. The van der Waals surface area contributed by atoms with Gasteiger partial charge in [-0.05, 0) is 30.3 Å². The second-order valence-electron chi connectivity index (χ2n) is 6.80. The fourth-order valence-electron chi connectivity index (χ4n) is 3.28. The van der Waals surface area contributed by atoms with Crippen LogP contribution in [0.2, 0.25) is 0 Å². The lowest BCUT2D eigenvalue weighted by Gasteiger charge is -2.13. The number of aromatic amines is 1. The number of imidazole rings is 1. The van der Waals surface area contributed by atoms with E-state index in [2.05, 4.69) is 21.5 Å². The third kappa shape index (κ3) is 4.09. The molecular formula is C22H18FN5O5. The Morgan fingerprint density at radius 2 is 2.00 bits per heavy atom. The average Bonchev–Trinajstić information content (AvgIpc) is 3.38. The van der Waals surface area contributed by atoms with Crippen LogP contribution in [0.4, 0.5) is 15.9 Å². The van der Waals surface area contributed by atoms with Gasteiger partial charge >= 0.3 is 5.97 Å². The molecule has 2 aromatic heterocycles. The Labute approximate surface area is 186 Å². The molecule has 0 saturated heterocycles. The molecule has 4 rings (SSSR count). The Balaban J connectivity index is 1.82. The number of nitrogens with one attached hydrogen (secondary N) is 2. The maximum Gasteiger partial charge on any atom is 0.341 e. The lowest BCUT2D eigenvalue weighted by molar-refractivity contribution is -0.139. The quantitative estimate of drug-likeness (QED) is 0.370. The number of hydrogen-bond donors (Lipinski definition) is 3. The highest BCUT2D eigenvalue weighted by Gasteiger charge is 2.20. The number of halogens is 1. The molecule has 2 heterocycles. The number of benzene rings is 2. The molecule has 0 aliphatic heterocycles. The molecule has 0 atom stereocenters. The highest BCUT2D eigenvalue weighted by Crippen LogP contribution is 2.37. The second kappa shape index (κ2) is 8.80. The number of rotatable bonds is 8. The van der Waals surface area contributed by atoms with Gasteiger partial charge in [-0.3, -0.25) is 0 Å². The minimum absolute atomic E-state index is 0.0631. The van der Waals surface area contributed by atoms with E-state index in [1.807, 2.05) is 0 Å². The number of nitriles is 1. The minimum Gasteiger partial charge on any atom is -0.494 e. The normalized spacial score (nSPS) is 10.6. The molecule has 0 radical (unpaired) electrons. The first kappa shape index (κ1) is 21.5. The summed E-state index contributed by atoms with van der Waals surface area (Å²) in [5.74, 6) is -0.507. The standard InChI is InChI=1S/C22H18FN5O5/c1-31-17-8-14(4-5-15(17)23)26-22-20(27-21-13(9-24)10-25-28(21)22)12-3-6-16(18(7-12)32-2)33-11-19(29)30/h3-8,10,26-27H,11H2,1-2H3,(H,29,30). The van der Waals surface area contributed by atoms with E-state index in [1.54, 1.807) is 24.3 Å². The zero-order valence-electron chi connectivity index (χ0n) is 17.5. The van der Waals surface area contributed by atoms with Crippen LogP contribution in [0.15, 0.2) is 42.6 Å². The summed E-state index contributed by atoms with van der Waals surface area (Å²) in [7, 11) is 2.81. The van der Waals surface area contributed by atoms with Crippen molar-refractivity contribution in [3.8, 4) is 34.6 Å². The third-order valence-corrected chi connectivity index (χ3v) is 4.80. The second-order valence-corrected chi connectivity index (χ2v) is 6.80. The maximum absolute atomic E-state index is 13.9. The average molecular weight is 451 g/mol. The first-order valence-electron chi connectivity index (χ1n) is 9.58. The number of hydrogen-bond acceptors (Lipinski definition) is 7. The molecule has 2 aromatic carbocycles. The Morgan fingerprint density at radius 3 is 2.70 bits per heavy atom. The van der Waals surface area contributed by atoms with E-state index in [1.165, 1.54) is 37.1 Å². The van der Waals surface area contributed by atoms with Crippen molar-refractivity contribution in [1.29, 1.82) is 5.26 Å². The largest absolute Gasteiger partial charge is 0.494 e. The van der Waals surface area contributed by atoms with Gasteiger partial charge in [-0.1, -0.05) is 0 Å². The van der Waals surface area contributed by atoms with Crippen molar-refractivity contribution in [2.75, 3.05) is 26.1 Å². The van der Waals surface area contributed by atoms with Gasteiger partial charge in [0.2, 0.25) is 0 Å². The molecule has 0 fully saturated rings. The first-order valence-corrected chi connectivity index (χ1v) is 9.58. The van der Waals surface area contributed by atoms with E-state index in [4.69, 9.17) is 19.3 Å². The molecule has 3 N–H and O–H groups in total. The number of ether oxygens (including phenoxy) is 3. The zero-order valence-corrected chi connectivity index (χ0v) is 17.5. The number of aliphatic carboxylic acids is 1. The topological polar surface area (TPSA) is 134 Å². The summed E-state index contributed by atoms with van der Waals surface area (Å²) in [6.07, 6.45) is 1.43. The van der Waals surface area contributed by atoms with E-state index in [-0.39, 0.29) is 11.5 Å². The Morgan fingerprint density at radius 1 is 1.21 bits per heavy atom. The molecule has 33 heavy (non-hydrogen) atoms. The molecule has 0 saturated carbocycles. The summed E-state index contributed by atoms with van der Waals surface area (Å²) < 4.78 is 31.0. The van der Waals surface area contributed by atoms with Crippen LogP contribution in [-0.4, -0.2) is 46.5 Å². The molecule has 0 amide bonds. The molecule has 0 unspecified atom stereocenters. The van der Waals surface area contributed by atoms with Crippen LogP contribution in [0.5, 0.6) is 17.2 Å². The number of fused-ring (bicyclic) bond motifs is 1. The number of H-pyrrole nitrogens is 1. The maximum atomic E-state index is 13.9. The van der Waals surface area contributed by atoms with Crippen LogP contribution in [0.25, 0.3) is 16.9 Å². The molecule has 0 aliphatic rings. The van der Waals surface area contributed by atoms with Crippen LogP contribution >= 0.6 is 0 Å². The molecule has 0 bridgehead atoms. The summed E-state index contributed by atoms with van der Waals surface area (Å²) in [4.78, 5) is 14.0. The van der Waals surface area contributed by atoms with Crippen molar-refractivity contribution in [2.24, 2.45) is 0 Å². The van der Waals surface area contributed by atoms with Crippen LogP contribution in [0.1, 0.15) is 5.56 Å². The first-order chi connectivity index (χ1) is 15.9. The SMILES string of the molecule is COc1cc(Nc2c(-c3ccc(OCC(=O)O)c(OC)c3)[nH]c3c(C#N)cnn23)ccc1F. The van der Waals surface area contributed by atoms with Gasteiger partial charge in [0.15, 0.2) is 41.1 Å². The van der Waals surface area contributed by atoms with E-state index in [0.29, 0.717) is 39.7 Å². The van der Waals surface area contributed by atoms with Gasteiger partial charge in [-0.15, -0.1) is 0 Å². The molecule has 11 heteroatoms. The van der Waals surface area contributed by atoms with Crippen LogP contribution in [-0.2, 0) is 4.79 Å². The number of carbonyl (C=O) groups is 1. The fourth-order valence-corrected chi connectivity index (χ4v) is 3.28. The fraction of sp³-hybridized carbons (Fsp3) is 0.136. The molecule has 10 nitrogen and oxygen atoms in total. The monoisotopic (exact) mass is 451 g/mol. The number of methoxy groups -OCH3 is 2. The Kier molecular flexibility index (Phi) is 5.73. The van der Waals surface area contributed by atoms with Crippen molar-refractivity contribution in [3.63, 3.8) is 0 Å². The lowest BCUT2D eigenvalue weighted by atomic mass is 10.1. The van der Waals surface area contributed by atoms with Gasteiger partial charge in [0.1, 0.15) is 11.6 Å².